The van der Waals surface area contributed by atoms with Crippen molar-refractivity contribution in [2.75, 3.05) is 11.1 Å². The Labute approximate surface area is 153 Å². The Kier molecular flexibility index (Phi) is 6.91. The van der Waals surface area contributed by atoms with E-state index in [4.69, 9.17) is 5.73 Å². The molecule has 0 saturated heterocycles. The van der Waals surface area contributed by atoms with Gasteiger partial charge in [-0.25, -0.2) is 5.43 Å². The van der Waals surface area contributed by atoms with E-state index < -0.39 is 0 Å². The number of hydrazone groups is 1. The molecule has 2 aromatic carbocycles. The van der Waals surface area contributed by atoms with Gasteiger partial charge in [0.05, 0.1) is 5.71 Å². The molecule has 6 heteroatoms. The fourth-order valence-corrected chi connectivity index (χ4v) is 2.25. The Balaban J connectivity index is 1.94. The van der Waals surface area contributed by atoms with Crippen LogP contribution in [0.25, 0.3) is 0 Å². The normalized spacial score (nSPS) is 11.1. The Bertz CT molecular complexity index is 780. The number of hydrogen-bond donors (Lipinski definition) is 3. The maximum atomic E-state index is 12.2. The van der Waals surface area contributed by atoms with Crippen LogP contribution in [0.4, 0.5) is 11.4 Å². The lowest BCUT2D eigenvalue weighted by molar-refractivity contribution is -0.116. The fraction of sp³-hybridized carbons (Fsp3) is 0.250. The number of nitrogen functional groups attached to an aromatic ring is 1. The van der Waals surface area contributed by atoms with Gasteiger partial charge < -0.3 is 11.1 Å². The van der Waals surface area contributed by atoms with Gasteiger partial charge in [0.15, 0.2) is 0 Å². The zero-order valence-corrected chi connectivity index (χ0v) is 15.1. The molecule has 0 bridgehead atoms. The summed E-state index contributed by atoms with van der Waals surface area (Å²) >= 11 is 0. The van der Waals surface area contributed by atoms with E-state index in [2.05, 4.69) is 15.8 Å². The molecule has 2 rings (SSSR count). The number of carbonyl (C=O) groups excluding carboxylic acids is 2. The zero-order chi connectivity index (χ0) is 18.9. The van der Waals surface area contributed by atoms with E-state index in [1.54, 1.807) is 43.3 Å². The van der Waals surface area contributed by atoms with Gasteiger partial charge in [-0.15, -0.1) is 0 Å². The largest absolute Gasteiger partial charge is 0.399 e. The molecule has 0 aliphatic heterocycles. The minimum absolute atomic E-state index is 0.0206. The first-order valence-electron chi connectivity index (χ1n) is 8.60. The monoisotopic (exact) mass is 352 g/mol. The van der Waals surface area contributed by atoms with Gasteiger partial charge >= 0.3 is 0 Å². The molecule has 0 atom stereocenters. The lowest BCUT2D eigenvalue weighted by Crippen LogP contribution is -2.19. The van der Waals surface area contributed by atoms with Crippen LogP contribution in [0.15, 0.2) is 53.6 Å². The van der Waals surface area contributed by atoms with Crippen LogP contribution in [0, 0.1) is 0 Å². The van der Waals surface area contributed by atoms with Gasteiger partial charge in [0.25, 0.3) is 5.91 Å². The van der Waals surface area contributed by atoms with Crippen molar-refractivity contribution in [3.63, 3.8) is 0 Å². The van der Waals surface area contributed by atoms with Gasteiger partial charge in [-0.05, 0) is 55.3 Å². The standard InChI is InChI=1S/C20H24N4O2/c1-3-4-5-19(25)22-18-12-8-16(9-13-18)20(26)24-23-14(2)15-6-10-17(21)11-7-15/h6-13H,3-5,21H2,1-2H3,(H,22,25)(H,24,26)/b23-14+. The molecule has 6 nitrogen and oxygen atoms in total. The van der Waals surface area contributed by atoms with Crippen LogP contribution in [-0.2, 0) is 4.79 Å². The van der Waals surface area contributed by atoms with E-state index >= 15 is 0 Å². The van der Waals surface area contributed by atoms with Crippen molar-refractivity contribution in [2.24, 2.45) is 5.10 Å². The molecule has 0 unspecified atom stereocenters. The van der Waals surface area contributed by atoms with E-state index in [0.717, 1.165) is 18.4 Å². The smallest absolute Gasteiger partial charge is 0.271 e. The third-order valence-corrected chi connectivity index (χ3v) is 3.84. The maximum absolute atomic E-state index is 12.2. The second-order valence-corrected chi connectivity index (χ2v) is 5.99. The average molecular weight is 352 g/mol. The Hall–Kier alpha value is -3.15. The molecule has 2 amide bonds. The summed E-state index contributed by atoms with van der Waals surface area (Å²) in [4.78, 5) is 23.9. The molecule has 0 spiro atoms. The molecule has 26 heavy (non-hydrogen) atoms. The molecular formula is C20H24N4O2. The quantitative estimate of drug-likeness (QED) is 0.404. The number of nitrogens with two attached hydrogens (primary N) is 1. The number of rotatable bonds is 7. The highest BCUT2D eigenvalue weighted by Gasteiger charge is 2.06. The van der Waals surface area contributed by atoms with Crippen LogP contribution in [0.5, 0.6) is 0 Å². The number of benzene rings is 2. The number of amides is 2. The van der Waals surface area contributed by atoms with Crippen molar-refractivity contribution in [3.05, 3.63) is 59.7 Å². The lowest BCUT2D eigenvalue weighted by atomic mass is 10.1. The minimum atomic E-state index is -0.316. The first-order valence-corrected chi connectivity index (χ1v) is 8.60. The van der Waals surface area contributed by atoms with Crippen LogP contribution < -0.4 is 16.5 Å². The molecule has 2 aromatic rings. The first-order chi connectivity index (χ1) is 12.5. The summed E-state index contributed by atoms with van der Waals surface area (Å²) < 4.78 is 0. The SMILES string of the molecule is CCCCC(=O)Nc1ccc(C(=O)N/N=C(\C)c2ccc(N)cc2)cc1. The number of carbonyl (C=O) groups is 2. The van der Waals surface area contributed by atoms with E-state index in [0.29, 0.717) is 29.1 Å². The van der Waals surface area contributed by atoms with Crippen LogP contribution in [-0.4, -0.2) is 17.5 Å². The maximum Gasteiger partial charge on any atom is 0.271 e. The summed E-state index contributed by atoms with van der Waals surface area (Å²) in [7, 11) is 0. The molecule has 4 N–H and O–H groups in total. The van der Waals surface area contributed by atoms with Crippen molar-refractivity contribution < 1.29 is 9.59 Å². The molecular weight excluding hydrogens is 328 g/mol. The van der Waals surface area contributed by atoms with Crippen molar-refractivity contribution in [1.29, 1.82) is 0 Å². The summed E-state index contributed by atoms with van der Waals surface area (Å²) in [5, 5.41) is 6.92. The topological polar surface area (TPSA) is 96.6 Å². The molecule has 136 valence electrons. The van der Waals surface area contributed by atoms with Crippen molar-refractivity contribution in [2.45, 2.75) is 33.1 Å². The van der Waals surface area contributed by atoms with Crippen molar-refractivity contribution >= 4 is 28.9 Å². The fourth-order valence-electron chi connectivity index (χ4n) is 2.25. The van der Waals surface area contributed by atoms with Gasteiger partial charge in [0.1, 0.15) is 0 Å². The molecule has 0 fully saturated rings. The van der Waals surface area contributed by atoms with E-state index in [9.17, 15) is 9.59 Å². The van der Waals surface area contributed by atoms with Crippen LogP contribution in [0.3, 0.4) is 0 Å². The highest BCUT2D eigenvalue weighted by Crippen LogP contribution is 2.11. The van der Waals surface area contributed by atoms with Gasteiger partial charge in [-0.2, -0.15) is 5.10 Å². The number of nitrogens with one attached hydrogen (secondary N) is 2. The summed E-state index contributed by atoms with van der Waals surface area (Å²) in [6.45, 7) is 3.85. The van der Waals surface area contributed by atoms with E-state index in [1.807, 2.05) is 19.1 Å². The summed E-state index contributed by atoms with van der Waals surface area (Å²) in [6.07, 6.45) is 2.33. The number of anilines is 2. The van der Waals surface area contributed by atoms with Crippen LogP contribution >= 0.6 is 0 Å². The second-order valence-electron chi connectivity index (χ2n) is 5.99. The Morgan fingerprint density at radius 3 is 2.23 bits per heavy atom. The van der Waals surface area contributed by atoms with E-state index in [1.165, 1.54) is 0 Å². The van der Waals surface area contributed by atoms with Crippen LogP contribution in [0.1, 0.15) is 49.0 Å². The van der Waals surface area contributed by atoms with Crippen LogP contribution in [0.2, 0.25) is 0 Å². The first kappa shape index (κ1) is 19.2. The third-order valence-electron chi connectivity index (χ3n) is 3.84. The number of nitrogens with zero attached hydrogens (tertiary/aromatic N) is 1. The lowest BCUT2D eigenvalue weighted by Gasteiger charge is -2.06. The van der Waals surface area contributed by atoms with Crippen molar-refractivity contribution in [1.82, 2.24) is 5.43 Å². The summed E-state index contributed by atoms with van der Waals surface area (Å²) in [5.74, 6) is -0.337. The number of hydrogen-bond acceptors (Lipinski definition) is 4. The second kappa shape index (κ2) is 9.36. The molecule has 0 aliphatic rings. The van der Waals surface area contributed by atoms with Gasteiger partial charge in [0.2, 0.25) is 5.91 Å². The molecule has 0 radical (unpaired) electrons. The molecule has 0 saturated carbocycles. The predicted octanol–water partition coefficient (Wildman–Crippen LogP) is 3.55. The van der Waals surface area contributed by atoms with Gasteiger partial charge in [-0.3, -0.25) is 9.59 Å². The van der Waals surface area contributed by atoms with Gasteiger partial charge in [-0.1, -0.05) is 25.5 Å². The molecule has 0 heterocycles. The summed E-state index contributed by atoms with van der Waals surface area (Å²) in [5.41, 5.74) is 11.6. The molecule has 0 aliphatic carbocycles. The highest BCUT2D eigenvalue weighted by molar-refractivity contribution is 6.01. The Morgan fingerprint density at radius 2 is 1.62 bits per heavy atom. The molecule has 0 aromatic heterocycles. The summed E-state index contributed by atoms with van der Waals surface area (Å²) in [6, 6.07) is 14.0. The van der Waals surface area contributed by atoms with E-state index in [-0.39, 0.29) is 11.8 Å². The highest BCUT2D eigenvalue weighted by atomic mass is 16.2. The Morgan fingerprint density at radius 1 is 1.00 bits per heavy atom. The predicted molar refractivity (Wildman–Crippen MR) is 105 cm³/mol. The minimum Gasteiger partial charge on any atom is -0.399 e. The van der Waals surface area contributed by atoms with Gasteiger partial charge in [0, 0.05) is 23.4 Å². The number of unbranched alkanes of at least 4 members (excludes halogenated alkanes) is 1. The third kappa shape index (κ3) is 5.73. The zero-order valence-electron chi connectivity index (χ0n) is 15.1. The van der Waals surface area contributed by atoms with Crippen molar-refractivity contribution in [3.8, 4) is 0 Å². The average Bonchev–Trinajstić information content (AvgIpc) is 2.65.